The van der Waals surface area contributed by atoms with Crippen molar-refractivity contribution >= 4 is 23.6 Å². The first-order chi connectivity index (χ1) is 13.7. The van der Waals surface area contributed by atoms with Crippen LogP contribution < -0.4 is 21.3 Å². The van der Waals surface area contributed by atoms with E-state index in [1.165, 1.54) is 0 Å². The Labute approximate surface area is 173 Å². The van der Waals surface area contributed by atoms with Crippen LogP contribution in [0.25, 0.3) is 0 Å². The third-order valence-corrected chi connectivity index (χ3v) is 6.43. The van der Waals surface area contributed by atoms with Gasteiger partial charge < -0.3 is 21.3 Å². The molecular formula is C21H34N6O2. The monoisotopic (exact) mass is 402 g/mol. The van der Waals surface area contributed by atoms with E-state index in [9.17, 15) is 9.59 Å². The Morgan fingerprint density at radius 1 is 0.931 bits per heavy atom. The van der Waals surface area contributed by atoms with Gasteiger partial charge in [0.15, 0.2) is 0 Å². The molecule has 0 bridgehead atoms. The minimum atomic E-state index is -0.268. The fourth-order valence-corrected chi connectivity index (χ4v) is 4.29. The average molecular weight is 403 g/mol. The highest BCUT2D eigenvalue weighted by Crippen LogP contribution is 2.32. The van der Waals surface area contributed by atoms with Gasteiger partial charge in [0.05, 0.1) is 17.5 Å². The van der Waals surface area contributed by atoms with Crippen LogP contribution in [0.15, 0.2) is 6.07 Å². The van der Waals surface area contributed by atoms with Gasteiger partial charge >= 0.3 is 0 Å². The van der Waals surface area contributed by atoms with Crippen LogP contribution in [0.2, 0.25) is 0 Å². The van der Waals surface area contributed by atoms with Crippen LogP contribution >= 0.6 is 0 Å². The highest BCUT2D eigenvalue weighted by Gasteiger charge is 2.33. The van der Waals surface area contributed by atoms with E-state index in [2.05, 4.69) is 37.5 Å². The van der Waals surface area contributed by atoms with Gasteiger partial charge in [0, 0.05) is 31.2 Å². The second-order valence-corrected chi connectivity index (χ2v) is 8.96. The molecule has 0 saturated carbocycles. The van der Waals surface area contributed by atoms with Gasteiger partial charge in [-0.2, -0.15) is 4.98 Å². The number of nitrogens with zero attached hydrogens (tertiary/aromatic N) is 4. The van der Waals surface area contributed by atoms with Gasteiger partial charge in [-0.1, -0.05) is 13.8 Å². The normalized spacial score (nSPS) is 27.9. The molecule has 0 spiro atoms. The number of rotatable bonds is 5. The molecule has 8 nitrogen and oxygen atoms in total. The van der Waals surface area contributed by atoms with Crippen molar-refractivity contribution in [2.24, 2.45) is 23.3 Å². The minimum absolute atomic E-state index is 0.166. The lowest BCUT2D eigenvalue weighted by Crippen LogP contribution is -2.48. The van der Waals surface area contributed by atoms with Gasteiger partial charge in [-0.3, -0.25) is 9.59 Å². The summed E-state index contributed by atoms with van der Waals surface area (Å²) >= 11 is 0. The van der Waals surface area contributed by atoms with Crippen LogP contribution in [0, 0.1) is 11.8 Å². The number of amides is 2. The zero-order valence-electron chi connectivity index (χ0n) is 18.0. The molecule has 2 saturated heterocycles. The molecule has 160 valence electrons. The molecule has 0 radical (unpaired) electrons. The van der Waals surface area contributed by atoms with E-state index in [-0.39, 0.29) is 41.7 Å². The summed E-state index contributed by atoms with van der Waals surface area (Å²) in [5.41, 5.74) is 12.1. The molecule has 8 heteroatoms. The van der Waals surface area contributed by atoms with E-state index < -0.39 is 0 Å². The summed E-state index contributed by atoms with van der Waals surface area (Å²) in [6.45, 7) is 9.61. The number of primary amides is 2. The van der Waals surface area contributed by atoms with Crippen molar-refractivity contribution in [2.75, 3.05) is 22.9 Å². The number of hydrogen-bond donors (Lipinski definition) is 2. The maximum absolute atomic E-state index is 11.8. The number of piperidine rings is 2. The smallest absolute Gasteiger partial charge is 0.227 e. The van der Waals surface area contributed by atoms with E-state index in [1.807, 2.05) is 6.07 Å². The molecule has 0 aromatic carbocycles. The lowest BCUT2D eigenvalue weighted by atomic mass is 9.92. The second kappa shape index (κ2) is 8.55. The van der Waals surface area contributed by atoms with Crippen LogP contribution in [0.5, 0.6) is 0 Å². The third-order valence-electron chi connectivity index (χ3n) is 6.43. The standard InChI is InChI=1S/C21H34N6O2/c1-12(2)17-9-18(26-10-15(19(22)28)7-5-13(26)3)25-21(24-17)27-11-16(20(23)29)8-6-14(27)4/h9,12-16H,5-8,10-11H2,1-4H3,(H2,22,28)(H2,23,29). The highest BCUT2D eigenvalue weighted by molar-refractivity contribution is 5.78. The van der Waals surface area contributed by atoms with Crippen LogP contribution in [0.3, 0.4) is 0 Å². The molecule has 4 N–H and O–H groups in total. The van der Waals surface area contributed by atoms with Gasteiger partial charge in [-0.15, -0.1) is 0 Å². The first-order valence-electron chi connectivity index (χ1n) is 10.7. The molecule has 4 atom stereocenters. The molecular weight excluding hydrogens is 368 g/mol. The fraction of sp³-hybridized carbons (Fsp3) is 0.714. The predicted molar refractivity (Wildman–Crippen MR) is 114 cm³/mol. The topological polar surface area (TPSA) is 118 Å². The maximum atomic E-state index is 11.8. The fourth-order valence-electron chi connectivity index (χ4n) is 4.29. The molecule has 4 unspecified atom stereocenters. The van der Waals surface area contributed by atoms with Gasteiger partial charge in [-0.25, -0.2) is 4.98 Å². The van der Waals surface area contributed by atoms with Crippen molar-refractivity contribution in [2.45, 2.75) is 71.4 Å². The molecule has 3 rings (SSSR count). The van der Waals surface area contributed by atoms with Crippen molar-refractivity contribution in [1.29, 1.82) is 0 Å². The molecule has 2 aliphatic rings. The second-order valence-electron chi connectivity index (χ2n) is 8.96. The SMILES string of the molecule is CC(C)c1cc(N2CC(C(N)=O)CCC2C)nc(N2CC(C(N)=O)CCC2C)n1. The van der Waals surface area contributed by atoms with Crippen molar-refractivity contribution < 1.29 is 9.59 Å². The summed E-state index contributed by atoms with van der Waals surface area (Å²) in [6.07, 6.45) is 3.38. The highest BCUT2D eigenvalue weighted by atomic mass is 16.1. The zero-order chi connectivity index (χ0) is 21.3. The maximum Gasteiger partial charge on any atom is 0.227 e. The summed E-state index contributed by atoms with van der Waals surface area (Å²) in [5, 5.41) is 0. The van der Waals surface area contributed by atoms with Crippen molar-refractivity contribution in [3.05, 3.63) is 11.8 Å². The lowest BCUT2D eigenvalue weighted by molar-refractivity contribution is -0.122. The summed E-state index contributed by atoms with van der Waals surface area (Å²) in [6, 6.07) is 2.53. The quantitative estimate of drug-likeness (QED) is 0.775. The lowest BCUT2D eigenvalue weighted by Gasteiger charge is -2.40. The van der Waals surface area contributed by atoms with Gasteiger partial charge in [0.25, 0.3) is 0 Å². The molecule has 1 aromatic rings. The summed E-state index contributed by atoms with van der Waals surface area (Å²) < 4.78 is 0. The number of hydrogen-bond acceptors (Lipinski definition) is 6. The van der Waals surface area contributed by atoms with E-state index in [4.69, 9.17) is 21.4 Å². The van der Waals surface area contributed by atoms with E-state index in [1.54, 1.807) is 0 Å². The summed E-state index contributed by atoms with van der Waals surface area (Å²) in [4.78, 5) is 37.5. The molecule has 3 heterocycles. The van der Waals surface area contributed by atoms with Crippen molar-refractivity contribution in [1.82, 2.24) is 9.97 Å². The Kier molecular flexibility index (Phi) is 6.29. The van der Waals surface area contributed by atoms with Crippen LogP contribution in [-0.4, -0.2) is 47.0 Å². The number of nitrogens with two attached hydrogens (primary N) is 2. The molecule has 29 heavy (non-hydrogen) atoms. The molecule has 2 aliphatic heterocycles. The Bertz CT molecular complexity index is 711. The average Bonchev–Trinajstić information content (AvgIpc) is 2.67. The number of anilines is 2. The van der Waals surface area contributed by atoms with E-state index in [0.717, 1.165) is 37.2 Å². The Hall–Kier alpha value is -2.38. The molecule has 0 aliphatic carbocycles. The van der Waals surface area contributed by atoms with Crippen molar-refractivity contribution in [3.63, 3.8) is 0 Å². The summed E-state index contributed by atoms with van der Waals surface area (Å²) in [5.74, 6) is 0.817. The molecule has 2 amide bonds. The first-order valence-corrected chi connectivity index (χ1v) is 10.7. The van der Waals surface area contributed by atoms with Gasteiger partial charge in [0.2, 0.25) is 17.8 Å². The first kappa shape index (κ1) is 21.3. The Morgan fingerprint density at radius 3 is 1.97 bits per heavy atom. The Balaban J connectivity index is 1.97. The van der Waals surface area contributed by atoms with Gasteiger partial charge in [-0.05, 0) is 45.4 Å². The van der Waals surface area contributed by atoms with Crippen molar-refractivity contribution in [3.8, 4) is 0 Å². The Morgan fingerprint density at radius 2 is 1.45 bits per heavy atom. The van der Waals surface area contributed by atoms with Crippen LogP contribution in [-0.2, 0) is 9.59 Å². The number of aromatic nitrogens is 2. The van der Waals surface area contributed by atoms with Gasteiger partial charge in [0.1, 0.15) is 5.82 Å². The molecule has 2 fully saturated rings. The summed E-state index contributed by atoms with van der Waals surface area (Å²) in [7, 11) is 0. The number of carbonyl (C=O) groups is 2. The van der Waals surface area contributed by atoms with Crippen LogP contribution in [0.4, 0.5) is 11.8 Å². The van der Waals surface area contributed by atoms with E-state index >= 15 is 0 Å². The predicted octanol–water partition coefficient (Wildman–Crippen LogP) is 1.78. The minimum Gasteiger partial charge on any atom is -0.369 e. The number of carbonyl (C=O) groups excluding carboxylic acids is 2. The molecule has 1 aromatic heterocycles. The largest absolute Gasteiger partial charge is 0.369 e. The third kappa shape index (κ3) is 4.62. The zero-order valence-corrected chi connectivity index (χ0v) is 18.0. The van der Waals surface area contributed by atoms with E-state index in [0.29, 0.717) is 19.0 Å². The van der Waals surface area contributed by atoms with Crippen LogP contribution in [0.1, 0.15) is 65.0 Å².